The van der Waals surface area contributed by atoms with Crippen LogP contribution in [0.25, 0.3) is 0 Å². The van der Waals surface area contributed by atoms with Crippen LogP contribution in [-0.4, -0.2) is 26.8 Å². The highest BCUT2D eigenvalue weighted by atomic mass is 80.9. The van der Waals surface area contributed by atoms with Gasteiger partial charge >= 0.3 is 0 Å². The van der Waals surface area contributed by atoms with Crippen molar-refractivity contribution >= 4 is 56.8 Å². The van der Waals surface area contributed by atoms with E-state index in [-0.39, 0.29) is 0 Å². The van der Waals surface area contributed by atoms with Crippen molar-refractivity contribution in [3.63, 3.8) is 0 Å². The number of rotatable bonds is 4. The maximum Gasteiger partial charge on any atom is 0.154 e. The van der Waals surface area contributed by atoms with Gasteiger partial charge < -0.3 is 9.47 Å². The highest BCUT2D eigenvalue weighted by Crippen LogP contribution is 2.26. The van der Waals surface area contributed by atoms with E-state index < -0.39 is 0 Å². The number of hydrogen-bond acceptors (Lipinski definition) is 4. The first kappa shape index (κ1) is 23.8. The van der Waals surface area contributed by atoms with E-state index in [1.165, 1.54) is 0 Å². The molecule has 2 aromatic rings. The molecular weight excluding hydrogens is 520 g/mol. The fourth-order valence-electron chi connectivity index (χ4n) is 1.98. The molecule has 0 N–H and O–H groups in total. The summed E-state index contributed by atoms with van der Waals surface area (Å²) in [6.07, 6.45) is 1.62. The maximum atomic E-state index is 10.7. The van der Waals surface area contributed by atoms with Crippen molar-refractivity contribution in [2.45, 2.75) is 13.8 Å². The standard InChI is InChI=1S/C9H9BrO2.C9H10O2.Br2/c1-6-7(5-11)9(12-2)4-3-8(6)10;1-7-4-3-5-9(11-2)8(7)6-10;1-2/h3-5H,1-2H3;3-6H,1-2H3;. The smallest absolute Gasteiger partial charge is 0.154 e. The van der Waals surface area contributed by atoms with Gasteiger partial charge in [0, 0.05) is 32.7 Å². The number of methoxy groups -OCH3 is 2. The van der Waals surface area contributed by atoms with E-state index in [4.69, 9.17) is 9.47 Å². The van der Waals surface area contributed by atoms with Gasteiger partial charge in [0.15, 0.2) is 12.6 Å². The highest BCUT2D eigenvalue weighted by Gasteiger charge is 2.07. The van der Waals surface area contributed by atoms with Gasteiger partial charge in [0.25, 0.3) is 0 Å². The summed E-state index contributed by atoms with van der Waals surface area (Å²) in [5, 5.41) is 0. The quantitative estimate of drug-likeness (QED) is 0.442. The Morgan fingerprint density at radius 1 is 0.840 bits per heavy atom. The van der Waals surface area contributed by atoms with Gasteiger partial charge in [0.05, 0.1) is 25.3 Å². The molecule has 0 unspecified atom stereocenters. The summed E-state index contributed by atoms with van der Waals surface area (Å²) in [4.78, 5) is 21.2. The van der Waals surface area contributed by atoms with Crippen molar-refractivity contribution in [1.29, 1.82) is 0 Å². The Morgan fingerprint density at radius 2 is 1.36 bits per heavy atom. The molecule has 0 saturated carbocycles. The molecule has 0 saturated heterocycles. The van der Waals surface area contributed by atoms with Crippen LogP contribution in [0.2, 0.25) is 0 Å². The highest BCUT2D eigenvalue weighted by molar-refractivity contribution is 9.93. The van der Waals surface area contributed by atoms with Gasteiger partial charge in [-0.05, 0) is 43.2 Å². The topological polar surface area (TPSA) is 52.6 Å². The second kappa shape index (κ2) is 13.1. The van der Waals surface area contributed by atoms with Crippen LogP contribution < -0.4 is 9.47 Å². The first-order valence-corrected chi connectivity index (χ1v) is 11.5. The van der Waals surface area contributed by atoms with Crippen molar-refractivity contribution in [3.05, 3.63) is 57.1 Å². The molecule has 0 spiro atoms. The van der Waals surface area contributed by atoms with E-state index in [9.17, 15) is 9.59 Å². The van der Waals surface area contributed by atoms with Gasteiger partial charge in [0.1, 0.15) is 11.5 Å². The summed E-state index contributed by atoms with van der Waals surface area (Å²) in [5.41, 5.74) is 3.09. The fourth-order valence-corrected chi connectivity index (χ4v) is 2.33. The third-order valence-corrected chi connectivity index (χ3v) is 4.23. The zero-order valence-corrected chi connectivity index (χ0v) is 19.1. The molecule has 0 aliphatic carbocycles. The molecule has 25 heavy (non-hydrogen) atoms. The van der Waals surface area contributed by atoms with Crippen molar-refractivity contribution in [1.82, 2.24) is 0 Å². The number of ether oxygens (including phenoxy) is 2. The summed E-state index contributed by atoms with van der Waals surface area (Å²) >= 11 is 8.84. The number of halogens is 3. The van der Waals surface area contributed by atoms with E-state index in [1.54, 1.807) is 26.4 Å². The summed E-state index contributed by atoms with van der Waals surface area (Å²) in [5.74, 6) is 1.26. The predicted octanol–water partition coefficient (Wildman–Crippen LogP) is 6.09. The first-order chi connectivity index (χ1) is 12.0. The lowest BCUT2D eigenvalue weighted by atomic mass is 10.1. The van der Waals surface area contributed by atoms with Gasteiger partial charge in [-0.3, -0.25) is 9.59 Å². The Morgan fingerprint density at radius 3 is 1.80 bits per heavy atom. The lowest BCUT2D eigenvalue weighted by molar-refractivity contribution is 0.111. The molecule has 136 valence electrons. The molecule has 0 aliphatic heterocycles. The van der Waals surface area contributed by atoms with Crippen LogP contribution >= 0.6 is 44.2 Å². The largest absolute Gasteiger partial charge is 0.496 e. The lowest BCUT2D eigenvalue weighted by Crippen LogP contribution is -1.94. The van der Waals surface area contributed by atoms with Gasteiger partial charge in [-0.1, -0.05) is 28.1 Å². The SMILES string of the molecule is BrBr.COc1ccc(Br)c(C)c1C=O.COc1cccc(C)c1C=O. The number of carbonyl (C=O) groups excluding carboxylic acids is 2. The van der Waals surface area contributed by atoms with Gasteiger partial charge in [-0.15, -0.1) is 0 Å². The normalized spacial score (nSPS) is 8.92. The first-order valence-electron chi connectivity index (χ1n) is 7.01. The number of carbonyl (C=O) groups is 2. The lowest BCUT2D eigenvalue weighted by Gasteiger charge is -2.06. The van der Waals surface area contributed by atoms with Gasteiger partial charge in [-0.2, -0.15) is 0 Å². The molecule has 0 heterocycles. The maximum absolute atomic E-state index is 10.7. The van der Waals surface area contributed by atoms with Crippen LogP contribution in [0.15, 0.2) is 34.8 Å². The number of aldehydes is 2. The molecule has 7 heteroatoms. The summed E-state index contributed by atoms with van der Waals surface area (Å²) in [6.45, 7) is 3.75. The van der Waals surface area contributed by atoms with E-state index >= 15 is 0 Å². The molecule has 0 aliphatic rings. The van der Waals surface area contributed by atoms with Crippen LogP contribution in [0, 0.1) is 13.8 Å². The van der Waals surface area contributed by atoms with Crippen LogP contribution in [0.4, 0.5) is 0 Å². The second-order valence-corrected chi connectivity index (χ2v) is 5.57. The number of benzene rings is 2. The Kier molecular flexibility index (Phi) is 12.5. The average Bonchev–Trinajstić information content (AvgIpc) is 2.65. The molecule has 4 nitrogen and oxygen atoms in total. The molecule has 2 aromatic carbocycles. The van der Waals surface area contributed by atoms with E-state index in [0.717, 1.165) is 28.2 Å². The Bertz CT molecular complexity index is 703. The van der Waals surface area contributed by atoms with E-state index in [1.807, 2.05) is 32.0 Å². The molecular formula is C18H19Br3O4. The molecule has 0 radical (unpaired) electrons. The van der Waals surface area contributed by atoms with Crippen molar-refractivity contribution in [2.24, 2.45) is 0 Å². The molecule has 0 amide bonds. The fraction of sp³-hybridized carbons (Fsp3) is 0.222. The summed E-state index contributed by atoms with van der Waals surface area (Å²) in [7, 11) is 3.11. The van der Waals surface area contributed by atoms with E-state index in [0.29, 0.717) is 22.6 Å². The van der Waals surface area contributed by atoms with Crippen molar-refractivity contribution < 1.29 is 19.1 Å². The zero-order valence-electron chi connectivity index (χ0n) is 14.3. The monoisotopic (exact) mass is 536 g/mol. The Hall–Kier alpha value is -1.18. The number of aryl methyl sites for hydroxylation is 1. The van der Waals surface area contributed by atoms with Crippen LogP contribution in [0.3, 0.4) is 0 Å². The third-order valence-electron chi connectivity index (χ3n) is 3.37. The third kappa shape index (κ3) is 6.92. The minimum atomic E-state index is 0.604. The Labute approximate surface area is 171 Å². The zero-order chi connectivity index (χ0) is 19.4. The molecule has 0 aromatic heterocycles. The predicted molar refractivity (Wildman–Crippen MR) is 112 cm³/mol. The molecule has 0 bridgehead atoms. The average molecular weight is 539 g/mol. The van der Waals surface area contributed by atoms with Crippen molar-refractivity contribution in [2.75, 3.05) is 14.2 Å². The van der Waals surface area contributed by atoms with Crippen molar-refractivity contribution in [3.8, 4) is 11.5 Å². The second-order valence-electron chi connectivity index (χ2n) is 4.71. The van der Waals surface area contributed by atoms with E-state index in [2.05, 4.69) is 44.2 Å². The van der Waals surface area contributed by atoms with Gasteiger partial charge in [0.2, 0.25) is 0 Å². The minimum Gasteiger partial charge on any atom is -0.496 e. The summed E-state index contributed by atoms with van der Waals surface area (Å²) < 4.78 is 10.9. The minimum absolute atomic E-state index is 0.604. The van der Waals surface area contributed by atoms with Crippen LogP contribution in [0.1, 0.15) is 31.8 Å². The molecule has 0 fully saturated rings. The number of hydrogen-bond donors (Lipinski definition) is 0. The van der Waals surface area contributed by atoms with Crippen LogP contribution in [0.5, 0.6) is 11.5 Å². The molecule has 2 rings (SSSR count). The molecule has 0 atom stereocenters. The van der Waals surface area contributed by atoms with Gasteiger partial charge in [-0.25, -0.2) is 0 Å². The Balaban J connectivity index is 0.000000421. The summed E-state index contributed by atoms with van der Waals surface area (Å²) in [6, 6.07) is 9.14. The van der Waals surface area contributed by atoms with Crippen LogP contribution in [-0.2, 0) is 0 Å².